The SMILES string of the molecule is CCCOCCOC(=O)C1C(C)=NC2=C(C(=O)CC(C)(C)C2)[C@H]1c1ccc(O)cc1. The summed E-state index contributed by atoms with van der Waals surface area (Å²) in [5.74, 6) is -1.38. The van der Waals surface area contributed by atoms with Crippen LogP contribution in [0.25, 0.3) is 0 Å². The Morgan fingerprint density at radius 3 is 2.53 bits per heavy atom. The van der Waals surface area contributed by atoms with Crippen LogP contribution >= 0.6 is 0 Å². The molecule has 0 saturated heterocycles. The monoisotopic (exact) mass is 413 g/mol. The van der Waals surface area contributed by atoms with Gasteiger partial charge in [0, 0.05) is 35.9 Å². The van der Waals surface area contributed by atoms with Crippen LogP contribution in [-0.2, 0) is 19.1 Å². The van der Waals surface area contributed by atoms with Gasteiger partial charge in [-0.15, -0.1) is 0 Å². The van der Waals surface area contributed by atoms with E-state index in [1.54, 1.807) is 24.3 Å². The fourth-order valence-corrected chi connectivity index (χ4v) is 4.33. The number of ether oxygens (including phenoxy) is 2. The molecule has 1 aromatic carbocycles. The first-order valence-corrected chi connectivity index (χ1v) is 10.6. The fraction of sp³-hybridized carbons (Fsp3) is 0.542. The van der Waals surface area contributed by atoms with E-state index in [-0.39, 0.29) is 23.6 Å². The maximum Gasteiger partial charge on any atom is 0.315 e. The Balaban J connectivity index is 1.94. The van der Waals surface area contributed by atoms with E-state index in [0.29, 0.717) is 37.3 Å². The summed E-state index contributed by atoms with van der Waals surface area (Å²) in [5.41, 5.74) is 2.66. The number of phenols is 1. The van der Waals surface area contributed by atoms with Crippen molar-refractivity contribution in [2.45, 2.75) is 52.9 Å². The summed E-state index contributed by atoms with van der Waals surface area (Å²) in [5, 5.41) is 9.71. The lowest BCUT2D eigenvalue weighted by Crippen LogP contribution is -2.39. The van der Waals surface area contributed by atoms with E-state index in [2.05, 4.69) is 13.8 Å². The van der Waals surface area contributed by atoms with Gasteiger partial charge in [-0.2, -0.15) is 0 Å². The molecule has 0 aromatic heterocycles. The summed E-state index contributed by atoms with van der Waals surface area (Å²) < 4.78 is 10.9. The molecule has 1 N–H and O–H groups in total. The minimum atomic E-state index is -0.676. The number of Topliss-reactive ketones (excluding diaryl/α,β-unsaturated/α-hetero) is 1. The van der Waals surface area contributed by atoms with E-state index in [9.17, 15) is 14.7 Å². The number of hydrogen-bond acceptors (Lipinski definition) is 6. The zero-order chi connectivity index (χ0) is 21.9. The highest BCUT2D eigenvalue weighted by molar-refractivity contribution is 6.09. The number of nitrogens with zero attached hydrogens (tertiary/aromatic N) is 1. The minimum Gasteiger partial charge on any atom is -0.508 e. The third-order valence-corrected chi connectivity index (χ3v) is 5.63. The van der Waals surface area contributed by atoms with E-state index in [1.165, 1.54) is 0 Å². The number of carbonyl (C=O) groups excluding carboxylic acids is 2. The van der Waals surface area contributed by atoms with E-state index < -0.39 is 17.8 Å². The number of aromatic hydroxyl groups is 1. The molecule has 1 aliphatic heterocycles. The number of allylic oxidation sites excluding steroid dienone is 2. The summed E-state index contributed by atoms with van der Waals surface area (Å²) in [6.07, 6.45) is 2.01. The van der Waals surface area contributed by atoms with Crippen molar-refractivity contribution in [3.05, 3.63) is 41.1 Å². The second-order valence-electron chi connectivity index (χ2n) is 8.88. The molecule has 3 rings (SSSR count). The zero-order valence-electron chi connectivity index (χ0n) is 18.2. The number of rotatable bonds is 7. The Kier molecular flexibility index (Phi) is 6.76. The summed E-state index contributed by atoms with van der Waals surface area (Å²) in [7, 11) is 0. The smallest absolute Gasteiger partial charge is 0.315 e. The Morgan fingerprint density at radius 1 is 1.17 bits per heavy atom. The van der Waals surface area contributed by atoms with Crippen LogP contribution in [0.15, 0.2) is 40.5 Å². The van der Waals surface area contributed by atoms with Gasteiger partial charge in [0.15, 0.2) is 5.78 Å². The van der Waals surface area contributed by atoms with Gasteiger partial charge in [-0.05, 0) is 42.9 Å². The van der Waals surface area contributed by atoms with Crippen molar-refractivity contribution >= 4 is 17.5 Å². The molecule has 2 aliphatic rings. The highest BCUT2D eigenvalue weighted by Gasteiger charge is 2.46. The maximum atomic E-state index is 13.2. The summed E-state index contributed by atoms with van der Waals surface area (Å²) in [6, 6.07) is 6.69. The molecule has 0 radical (unpaired) electrons. The first-order valence-electron chi connectivity index (χ1n) is 10.6. The van der Waals surface area contributed by atoms with Crippen LogP contribution in [0.1, 0.15) is 58.4 Å². The van der Waals surface area contributed by atoms with Crippen LogP contribution in [0, 0.1) is 11.3 Å². The van der Waals surface area contributed by atoms with Gasteiger partial charge in [-0.3, -0.25) is 14.6 Å². The van der Waals surface area contributed by atoms with Gasteiger partial charge in [0.25, 0.3) is 0 Å². The number of hydrogen-bond donors (Lipinski definition) is 1. The van der Waals surface area contributed by atoms with Crippen LogP contribution in [0.5, 0.6) is 5.75 Å². The van der Waals surface area contributed by atoms with Crippen molar-refractivity contribution in [3.8, 4) is 5.75 Å². The standard InChI is InChI=1S/C24H31NO5/c1-5-10-29-11-12-30-23(28)20-15(2)25-18-13-24(3,4)14-19(27)22(18)21(20)16-6-8-17(26)9-7-16/h6-9,20-21,26H,5,10-14H2,1-4H3/t20?,21-/m0/s1. The quantitative estimate of drug-likeness (QED) is 0.535. The number of carbonyl (C=O) groups is 2. The molecule has 0 spiro atoms. The lowest BCUT2D eigenvalue weighted by Gasteiger charge is -2.39. The molecular formula is C24H31NO5. The molecular weight excluding hydrogens is 382 g/mol. The first kappa shape index (κ1) is 22.2. The predicted octanol–water partition coefficient (Wildman–Crippen LogP) is 4.18. The number of esters is 1. The van der Waals surface area contributed by atoms with Crippen LogP contribution in [-0.4, -0.2) is 42.4 Å². The maximum absolute atomic E-state index is 13.2. The molecule has 0 bridgehead atoms. The number of aliphatic imine (C=N–C) groups is 1. The van der Waals surface area contributed by atoms with Gasteiger partial charge in [0.2, 0.25) is 0 Å². The molecule has 0 amide bonds. The largest absolute Gasteiger partial charge is 0.508 e. The number of phenolic OH excluding ortho intramolecular Hbond substituents is 1. The predicted molar refractivity (Wildman–Crippen MR) is 115 cm³/mol. The molecule has 1 unspecified atom stereocenters. The average Bonchev–Trinajstić information content (AvgIpc) is 2.66. The van der Waals surface area contributed by atoms with Gasteiger partial charge in [-0.25, -0.2) is 0 Å². The molecule has 1 aromatic rings. The molecule has 1 heterocycles. The Morgan fingerprint density at radius 2 is 1.87 bits per heavy atom. The highest BCUT2D eigenvalue weighted by atomic mass is 16.6. The van der Waals surface area contributed by atoms with Crippen LogP contribution in [0.4, 0.5) is 0 Å². The molecule has 0 saturated carbocycles. The summed E-state index contributed by atoms with van der Waals surface area (Å²) in [4.78, 5) is 30.9. The molecule has 1 aliphatic carbocycles. The Labute approximate surface area is 178 Å². The van der Waals surface area contributed by atoms with Crippen molar-refractivity contribution in [3.63, 3.8) is 0 Å². The zero-order valence-corrected chi connectivity index (χ0v) is 18.2. The lowest BCUT2D eigenvalue weighted by molar-refractivity contribution is -0.148. The van der Waals surface area contributed by atoms with Gasteiger partial charge in [-0.1, -0.05) is 32.9 Å². The van der Waals surface area contributed by atoms with Crippen molar-refractivity contribution in [2.75, 3.05) is 19.8 Å². The van der Waals surface area contributed by atoms with Crippen LogP contribution < -0.4 is 0 Å². The number of ketones is 1. The third-order valence-electron chi connectivity index (χ3n) is 5.63. The second-order valence-corrected chi connectivity index (χ2v) is 8.88. The van der Waals surface area contributed by atoms with Crippen molar-refractivity contribution < 1.29 is 24.2 Å². The minimum absolute atomic E-state index is 0.0275. The van der Waals surface area contributed by atoms with Gasteiger partial charge in [0.05, 0.1) is 6.61 Å². The van der Waals surface area contributed by atoms with Crippen molar-refractivity contribution in [1.29, 1.82) is 0 Å². The van der Waals surface area contributed by atoms with Gasteiger partial charge < -0.3 is 14.6 Å². The van der Waals surface area contributed by atoms with E-state index in [0.717, 1.165) is 17.7 Å². The third kappa shape index (κ3) is 4.81. The first-order chi connectivity index (χ1) is 14.2. The fourth-order valence-electron chi connectivity index (χ4n) is 4.33. The van der Waals surface area contributed by atoms with Crippen molar-refractivity contribution in [1.82, 2.24) is 0 Å². The average molecular weight is 414 g/mol. The van der Waals surface area contributed by atoms with Crippen LogP contribution in [0.2, 0.25) is 0 Å². The second kappa shape index (κ2) is 9.13. The highest BCUT2D eigenvalue weighted by Crippen LogP contribution is 2.48. The van der Waals surface area contributed by atoms with Crippen molar-refractivity contribution in [2.24, 2.45) is 16.3 Å². The molecule has 30 heavy (non-hydrogen) atoms. The van der Waals surface area contributed by atoms with E-state index >= 15 is 0 Å². The summed E-state index contributed by atoms with van der Waals surface area (Å²) in [6.45, 7) is 9.09. The van der Waals surface area contributed by atoms with Gasteiger partial charge >= 0.3 is 5.97 Å². The topological polar surface area (TPSA) is 85.2 Å². The summed E-state index contributed by atoms with van der Waals surface area (Å²) >= 11 is 0. The molecule has 162 valence electrons. The molecule has 6 heteroatoms. The van der Waals surface area contributed by atoms with Gasteiger partial charge in [0.1, 0.15) is 18.3 Å². The van der Waals surface area contributed by atoms with E-state index in [4.69, 9.17) is 14.5 Å². The van der Waals surface area contributed by atoms with Crippen LogP contribution in [0.3, 0.4) is 0 Å². The normalized spacial score (nSPS) is 23.1. The Bertz CT molecular complexity index is 866. The molecule has 6 nitrogen and oxygen atoms in total. The Hall–Kier alpha value is -2.47. The lowest BCUT2D eigenvalue weighted by atomic mass is 9.67. The molecule has 0 fully saturated rings. The number of benzene rings is 1. The molecule has 2 atom stereocenters. The van der Waals surface area contributed by atoms with E-state index in [1.807, 2.05) is 13.8 Å².